The van der Waals surface area contributed by atoms with E-state index in [4.69, 9.17) is 0 Å². The lowest BCUT2D eigenvalue weighted by molar-refractivity contribution is -0.123. The summed E-state index contributed by atoms with van der Waals surface area (Å²) >= 11 is 1.98. The highest BCUT2D eigenvalue weighted by molar-refractivity contribution is 7.99. The molecule has 2 rings (SSSR count). The molecule has 2 aliphatic rings. The first-order valence-corrected chi connectivity index (χ1v) is 7.60. The van der Waals surface area contributed by atoms with Crippen molar-refractivity contribution in [3.63, 3.8) is 0 Å². The van der Waals surface area contributed by atoms with Gasteiger partial charge in [-0.1, -0.05) is 6.42 Å². The van der Waals surface area contributed by atoms with Gasteiger partial charge in [0.1, 0.15) is 0 Å². The zero-order chi connectivity index (χ0) is 11.2. The lowest BCUT2D eigenvalue weighted by atomic mass is 10.0. The monoisotopic (exact) mass is 242 g/mol. The van der Waals surface area contributed by atoms with Gasteiger partial charge in [0, 0.05) is 12.3 Å². The average molecular weight is 242 g/mol. The fourth-order valence-corrected chi connectivity index (χ4v) is 3.06. The number of amides is 1. The summed E-state index contributed by atoms with van der Waals surface area (Å²) in [5.74, 6) is 3.54. The molecule has 1 saturated carbocycles. The molecule has 0 aromatic carbocycles. The van der Waals surface area contributed by atoms with Gasteiger partial charge >= 0.3 is 0 Å². The first-order valence-electron chi connectivity index (χ1n) is 6.45. The van der Waals surface area contributed by atoms with Gasteiger partial charge in [-0.3, -0.25) is 4.79 Å². The van der Waals surface area contributed by atoms with Crippen molar-refractivity contribution in [1.29, 1.82) is 0 Å². The van der Waals surface area contributed by atoms with E-state index in [1.54, 1.807) is 0 Å². The van der Waals surface area contributed by atoms with Gasteiger partial charge in [-0.2, -0.15) is 11.8 Å². The Kier molecular flexibility index (Phi) is 4.97. The molecule has 1 heterocycles. The molecule has 0 bridgehead atoms. The first-order chi connectivity index (χ1) is 7.86. The van der Waals surface area contributed by atoms with Crippen LogP contribution in [0.2, 0.25) is 0 Å². The van der Waals surface area contributed by atoms with Crippen LogP contribution in [-0.4, -0.2) is 36.5 Å². The van der Waals surface area contributed by atoms with Crippen molar-refractivity contribution in [1.82, 2.24) is 10.6 Å². The van der Waals surface area contributed by atoms with Crippen LogP contribution in [-0.2, 0) is 4.79 Å². The Morgan fingerprint density at radius 2 is 2.19 bits per heavy atom. The number of rotatable bonds is 6. The van der Waals surface area contributed by atoms with Crippen LogP contribution in [0.4, 0.5) is 0 Å². The van der Waals surface area contributed by atoms with Crippen molar-refractivity contribution in [3.05, 3.63) is 0 Å². The van der Waals surface area contributed by atoms with E-state index in [9.17, 15) is 4.79 Å². The molecule has 2 N–H and O–H groups in total. The predicted octanol–water partition coefficient (Wildman–Crippen LogP) is 1.39. The summed E-state index contributed by atoms with van der Waals surface area (Å²) in [6, 6.07) is 0.0715. The molecule has 1 saturated heterocycles. The minimum Gasteiger partial charge on any atom is -0.354 e. The van der Waals surface area contributed by atoms with Gasteiger partial charge < -0.3 is 10.6 Å². The Morgan fingerprint density at radius 1 is 1.31 bits per heavy atom. The summed E-state index contributed by atoms with van der Waals surface area (Å²) < 4.78 is 0. The van der Waals surface area contributed by atoms with E-state index in [0.717, 1.165) is 31.2 Å². The molecule has 2 fully saturated rings. The third-order valence-corrected chi connectivity index (χ3v) is 4.42. The SMILES string of the molecule is O=C(NCCSCC1CC1)[C@@H]1CCCCN1. The summed E-state index contributed by atoms with van der Waals surface area (Å²) in [7, 11) is 0. The number of nitrogens with one attached hydrogen (secondary N) is 2. The largest absolute Gasteiger partial charge is 0.354 e. The van der Waals surface area contributed by atoms with Gasteiger partial charge in [0.05, 0.1) is 6.04 Å². The maximum atomic E-state index is 11.7. The van der Waals surface area contributed by atoms with Gasteiger partial charge in [-0.05, 0) is 43.9 Å². The Morgan fingerprint density at radius 3 is 2.88 bits per heavy atom. The van der Waals surface area contributed by atoms with Gasteiger partial charge in [0.25, 0.3) is 0 Å². The number of hydrogen-bond donors (Lipinski definition) is 2. The minimum absolute atomic E-state index is 0.0715. The van der Waals surface area contributed by atoms with E-state index in [1.807, 2.05) is 11.8 Å². The third kappa shape index (κ3) is 4.34. The molecule has 16 heavy (non-hydrogen) atoms. The molecule has 0 unspecified atom stereocenters. The molecule has 1 aliphatic heterocycles. The second-order valence-electron chi connectivity index (χ2n) is 4.81. The maximum Gasteiger partial charge on any atom is 0.237 e. The molecule has 3 nitrogen and oxygen atoms in total. The second kappa shape index (κ2) is 6.50. The van der Waals surface area contributed by atoms with Crippen LogP contribution >= 0.6 is 11.8 Å². The van der Waals surface area contributed by atoms with Gasteiger partial charge in [-0.25, -0.2) is 0 Å². The van der Waals surface area contributed by atoms with E-state index >= 15 is 0 Å². The molecule has 0 aromatic heterocycles. The van der Waals surface area contributed by atoms with Gasteiger partial charge in [0.15, 0.2) is 0 Å². The summed E-state index contributed by atoms with van der Waals surface area (Å²) in [5.41, 5.74) is 0. The predicted molar refractivity (Wildman–Crippen MR) is 68.7 cm³/mol. The first kappa shape index (κ1) is 12.2. The molecular weight excluding hydrogens is 220 g/mol. The number of thioether (sulfide) groups is 1. The zero-order valence-corrected chi connectivity index (χ0v) is 10.7. The van der Waals surface area contributed by atoms with Crippen molar-refractivity contribution in [2.75, 3.05) is 24.6 Å². The van der Waals surface area contributed by atoms with E-state index in [-0.39, 0.29) is 11.9 Å². The van der Waals surface area contributed by atoms with Crippen molar-refractivity contribution >= 4 is 17.7 Å². The molecule has 1 aliphatic carbocycles. The Balaban J connectivity index is 1.48. The molecule has 0 radical (unpaired) electrons. The van der Waals surface area contributed by atoms with Crippen molar-refractivity contribution in [2.24, 2.45) is 5.92 Å². The minimum atomic E-state index is 0.0715. The van der Waals surface area contributed by atoms with E-state index in [1.165, 1.54) is 31.4 Å². The van der Waals surface area contributed by atoms with Gasteiger partial charge in [0.2, 0.25) is 5.91 Å². The maximum absolute atomic E-state index is 11.7. The average Bonchev–Trinajstić information content (AvgIpc) is 3.13. The Labute approximate surface area is 102 Å². The smallest absolute Gasteiger partial charge is 0.237 e. The van der Waals surface area contributed by atoms with Crippen molar-refractivity contribution in [2.45, 2.75) is 38.1 Å². The highest BCUT2D eigenvalue weighted by Gasteiger charge is 2.21. The van der Waals surface area contributed by atoms with E-state index < -0.39 is 0 Å². The van der Waals surface area contributed by atoms with Gasteiger partial charge in [-0.15, -0.1) is 0 Å². The Hall–Kier alpha value is -0.220. The van der Waals surface area contributed by atoms with Crippen LogP contribution in [0.25, 0.3) is 0 Å². The van der Waals surface area contributed by atoms with Crippen LogP contribution in [0.15, 0.2) is 0 Å². The highest BCUT2D eigenvalue weighted by atomic mass is 32.2. The molecule has 1 amide bonds. The normalized spacial score (nSPS) is 25.4. The molecule has 92 valence electrons. The van der Waals surface area contributed by atoms with Crippen LogP contribution in [0.3, 0.4) is 0 Å². The molecule has 4 heteroatoms. The zero-order valence-electron chi connectivity index (χ0n) is 9.84. The highest BCUT2D eigenvalue weighted by Crippen LogP contribution is 2.32. The van der Waals surface area contributed by atoms with Crippen LogP contribution in [0, 0.1) is 5.92 Å². The van der Waals surface area contributed by atoms with E-state index in [2.05, 4.69) is 10.6 Å². The molecular formula is C12H22N2OS. The summed E-state index contributed by atoms with van der Waals surface area (Å²) in [6.07, 6.45) is 6.24. The van der Waals surface area contributed by atoms with E-state index in [0.29, 0.717) is 0 Å². The van der Waals surface area contributed by atoms with Crippen molar-refractivity contribution < 1.29 is 4.79 Å². The number of carbonyl (C=O) groups is 1. The van der Waals surface area contributed by atoms with Crippen LogP contribution < -0.4 is 10.6 Å². The number of piperidine rings is 1. The topological polar surface area (TPSA) is 41.1 Å². The summed E-state index contributed by atoms with van der Waals surface area (Å²) in [5, 5.41) is 6.29. The number of carbonyl (C=O) groups excluding carboxylic acids is 1. The fraction of sp³-hybridized carbons (Fsp3) is 0.917. The quantitative estimate of drug-likeness (QED) is 0.692. The standard InChI is InChI=1S/C12H22N2OS/c15-12(11-3-1-2-6-13-11)14-7-8-16-9-10-4-5-10/h10-11,13H,1-9H2,(H,14,15)/t11-/m0/s1. The summed E-state index contributed by atoms with van der Waals surface area (Å²) in [6.45, 7) is 1.82. The number of hydrogen-bond acceptors (Lipinski definition) is 3. The third-order valence-electron chi connectivity index (χ3n) is 3.22. The Bertz CT molecular complexity index is 225. The van der Waals surface area contributed by atoms with Crippen LogP contribution in [0.1, 0.15) is 32.1 Å². The fourth-order valence-electron chi connectivity index (χ4n) is 1.98. The van der Waals surface area contributed by atoms with Crippen LogP contribution in [0.5, 0.6) is 0 Å². The molecule has 0 aromatic rings. The second-order valence-corrected chi connectivity index (χ2v) is 5.96. The molecule has 1 atom stereocenters. The van der Waals surface area contributed by atoms with Crippen molar-refractivity contribution in [3.8, 4) is 0 Å². The molecule has 0 spiro atoms. The summed E-state index contributed by atoms with van der Waals surface area (Å²) in [4.78, 5) is 11.7. The lowest BCUT2D eigenvalue weighted by Gasteiger charge is -2.22. The lowest BCUT2D eigenvalue weighted by Crippen LogP contribution is -2.47.